The van der Waals surface area contributed by atoms with E-state index in [4.69, 9.17) is 14.2 Å². The number of likely N-dealkylation sites (tertiary alicyclic amines) is 1. The molecule has 1 fully saturated rings. The number of hydrogen-bond acceptors (Lipinski definition) is 5. The number of hydrogen-bond donors (Lipinski definition) is 0. The number of piperidine rings is 1. The molecule has 4 aliphatic rings. The van der Waals surface area contributed by atoms with Crippen LogP contribution in [0.25, 0.3) is 0 Å². The van der Waals surface area contributed by atoms with Gasteiger partial charge in [0, 0.05) is 49.9 Å². The lowest BCUT2D eigenvalue weighted by Crippen LogP contribution is -2.61. The Kier molecular flexibility index (Phi) is 6.07. The van der Waals surface area contributed by atoms with Crippen molar-refractivity contribution in [2.45, 2.75) is 57.2 Å². The van der Waals surface area contributed by atoms with E-state index in [0.29, 0.717) is 31.8 Å². The molecule has 5 rings (SSSR count). The van der Waals surface area contributed by atoms with E-state index in [1.165, 1.54) is 0 Å². The Morgan fingerprint density at radius 1 is 1.23 bits per heavy atom. The van der Waals surface area contributed by atoms with Crippen LogP contribution < -0.4 is 9.47 Å². The number of carbonyl (C=O) groups excluding carboxylic acids is 2. The van der Waals surface area contributed by atoms with Crippen molar-refractivity contribution in [1.29, 1.82) is 0 Å². The second-order valence-corrected chi connectivity index (χ2v) is 9.67. The van der Waals surface area contributed by atoms with E-state index >= 15 is 0 Å². The molecule has 0 saturated carbocycles. The standard InChI is InChI=1S/C27H34N3O5/c1-5-29-17-24(31)30-16-19-14-20(33-3)15-22(34-4)25(19)18(2)13-23(30)27(29)8-10-28(11-9-27)26(32)21-7-6-12-35-21/h6,12-15,17-18,21H,5,7-11,16H2,1-4H3/q+1. The third-order valence-electron chi connectivity index (χ3n) is 7.91. The lowest BCUT2D eigenvalue weighted by molar-refractivity contribution is -0.600. The predicted octanol–water partition coefficient (Wildman–Crippen LogP) is 2.81. The number of nitrogens with zero attached hydrogens (tertiary/aromatic N) is 3. The summed E-state index contributed by atoms with van der Waals surface area (Å²) < 4.78 is 18.9. The molecule has 1 spiro atoms. The Hall–Kier alpha value is -3.29. The maximum Gasteiger partial charge on any atom is 0.314 e. The molecule has 186 valence electrons. The summed E-state index contributed by atoms with van der Waals surface area (Å²) in [5.41, 5.74) is 2.80. The van der Waals surface area contributed by atoms with Crippen molar-refractivity contribution < 1.29 is 28.4 Å². The van der Waals surface area contributed by atoms with Crippen LogP contribution in [0.2, 0.25) is 0 Å². The average Bonchev–Trinajstić information content (AvgIpc) is 3.37. The predicted molar refractivity (Wildman–Crippen MR) is 131 cm³/mol. The van der Waals surface area contributed by atoms with Crippen LogP contribution in [0.4, 0.5) is 0 Å². The van der Waals surface area contributed by atoms with Gasteiger partial charge in [-0.05, 0) is 24.6 Å². The molecule has 0 aliphatic carbocycles. The summed E-state index contributed by atoms with van der Waals surface area (Å²) in [6.07, 6.45) is 9.23. The second-order valence-electron chi connectivity index (χ2n) is 9.67. The van der Waals surface area contributed by atoms with Crippen LogP contribution in [0.1, 0.15) is 50.2 Å². The zero-order valence-electron chi connectivity index (χ0n) is 21.0. The van der Waals surface area contributed by atoms with E-state index < -0.39 is 6.10 Å². The fourth-order valence-corrected chi connectivity index (χ4v) is 6.12. The van der Waals surface area contributed by atoms with E-state index in [2.05, 4.69) is 24.5 Å². The molecule has 2 atom stereocenters. The molecule has 8 heteroatoms. The molecule has 2 amide bonds. The summed E-state index contributed by atoms with van der Waals surface area (Å²) in [6.45, 7) is 6.67. The van der Waals surface area contributed by atoms with Gasteiger partial charge in [0.05, 0.1) is 32.7 Å². The van der Waals surface area contributed by atoms with Crippen LogP contribution in [0.15, 0.2) is 36.2 Å². The molecule has 1 aromatic carbocycles. The number of benzene rings is 1. The first-order valence-corrected chi connectivity index (χ1v) is 12.4. The van der Waals surface area contributed by atoms with E-state index in [-0.39, 0.29) is 23.3 Å². The first-order chi connectivity index (χ1) is 16.9. The Morgan fingerprint density at radius 2 is 2.00 bits per heavy atom. The van der Waals surface area contributed by atoms with Crippen LogP contribution in [-0.4, -0.2) is 77.9 Å². The van der Waals surface area contributed by atoms with E-state index in [1.54, 1.807) is 26.7 Å². The highest BCUT2D eigenvalue weighted by Gasteiger charge is 2.54. The zero-order valence-corrected chi connectivity index (χ0v) is 21.0. The fourth-order valence-electron chi connectivity index (χ4n) is 6.12. The Balaban J connectivity index is 1.52. The Labute approximate surface area is 206 Å². The highest BCUT2D eigenvalue weighted by atomic mass is 16.5. The molecule has 1 aromatic rings. The van der Waals surface area contributed by atoms with Gasteiger partial charge < -0.3 is 19.1 Å². The van der Waals surface area contributed by atoms with Gasteiger partial charge in [-0.15, -0.1) is 0 Å². The number of ether oxygens (including phenoxy) is 3. The number of allylic oxidation sites excluding steroid dienone is 1. The molecule has 0 bridgehead atoms. The number of carbonyl (C=O) groups is 2. The van der Waals surface area contributed by atoms with Gasteiger partial charge in [0.1, 0.15) is 18.0 Å². The summed E-state index contributed by atoms with van der Waals surface area (Å²) in [6, 6.07) is 3.92. The van der Waals surface area contributed by atoms with Crippen molar-refractivity contribution in [3.63, 3.8) is 0 Å². The summed E-state index contributed by atoms with van der Waals surface area (Å²) in [5, 5.41) is 0. The molecule has 0 radical (unpaired) electrons. The number of rotatable bonds is 4. The molecule has 0 aromatic heterocycles. The van der Waals surface area contributed by atoms with Gasteiger partial charge in [0.2, 0.25) is 11.8 Å². The smallest absolute Gasteiger partial charge is 0.314 e. The summed E-state index contributed by atoms with van der Waals surface area (Å²) in [5.74, 6) is 1.56. The monoisotopic (exact) mass is 480 g/mol. The molecular weight excluding hydrogens is 446 g/mol. The van der Waals surface area contributed by atoms with Gasteiger partial charge in [-0.25, -0.2) is 4.58 Å². The average molecular weight is 481 g/mol. The van der Waals surface area contributed by atoms with Crippen LogP contribution in [0.5, 0.6) is 11.5 Å². The minimum Gasteiger partial charge on any atom is -0.497 e. The van der Waals surface area contributed by atoms with Crippen LogP contribution in [0, 0.1) is 0 Å². The lowest BCUT2D eigenvalue weighted by atomic mass is 9.80. The SMILES string of the molecule is CC[N+]1=CC(=O)N2Cc3cc(OC)cc(OC)c3C(C)C=C2C12CCN(C(=O)C1CC=CO1)CC2. The Bertz CT molecular complexity index is 1120. The van der Waals surface area contributed by atoms with Crippen LogP contribution in [0.3, 0.4) is 0 Å². The number of fused-ring (bicyclic) bond motifs is 3. The van der Waals surface area contributed by atoms with E-state index in [1.807, 2.05) is 28.0 Å². The minimum atomic E-state index is -0.406. The first-order valence-electron chi connectivity index (χ1n) is 12.4. The van der Waals surface area contributed by atoms with Crippen molar-refractivity contribution in [2.75, 3.05) is 33.9 Å². The lowest BCUT2D eigenvalue weighted by Gasteiger charge is -2.45. The summed E-state index contributed by atoms with van der Waals surface area (Å²) >= 11 is 0. The van der Waals surface area contributed by atoms with Crippen molar-refractivity contribution >= 4 is 18.0 Å². The van der Waals surface area contributed by atoms with Gasteiger partial charge >= 0.3 is 5.91 Å². The van der Waals surface area contributed by atoms with Crippen molar-refractivity contribution in [1.82, 2.24) is 9.80 Å². The molecule has 0 N–H and O–H groups in total. The van der Waals surface area contributed by atoms with Gasteiger partial charge in [0.25, 0.3) is 5.91 Å². The fraction of sp³-hybridized carbons (Fsp3) is 0.519. The Morgan fingerprint density at radius 3 is 2.63 bits per heavy atom. The number of likely N-dealkylation sites (N-methyl/N-ethyl adjacent to an activating group) is 1. The number of amides is 2. The molecule has 8 nitrogen and oxygen atoms in total. The quantitative estimate of drug-likeness (QED) is 0.620. The third-order valence-corrected chi connectivity index (χ3v) is 7.91. The summed E-state index contributed by atoms with van der Waals surface area (Å²) in [7, 11) is 3.31. The van der Waals surface area contributed by atoms with Gasteiger partial charge in [-0.1, -0.05) is 13.0 Å². The summed E-state index contributed by atoms with van der Waals surface area (Å²) in [4.78, 5) is 30.2. The zero-order chi connectivity index (χ0) is 24.7. The molecule has 35 heavy (non-hydrogen) atoms. The molecule has 4 aliphatic heterocycles. The van der Waals surface area contributed by atoms with E-state index in [9.17, 15) is 9.59 Å². The van der Waals surface area contributed by atoms with E-state index in [0.717, 1.165) is 42.0 Å². The van der Waals surface area contributed by atoms with Gasteiger partial charge in [-0.2, -0.15) is 0 Å². The highest BCUT2D eigenvalue weighted by molar-refractivity contribution is 6.25. The van der Waals surface area contributed by atoms with Gasteiger partial charge in [-0.3, -0.25) is 14.5 Å². The van der Waals surface area contributed by atoms with Crippen LogP contribution >= 0.6 is 0 Å². The van der Waals surface area contributed by atoms with Gasteiger partial charge in [0.15, 0.2) is 6.10 Å². The van der Waals surface area contributed by atoms with Crippen LogP contribution in [-0.2, 0) is 20.9 Å². The maximum atomic E-state index is 13.4. The van der Waals surface area contributed by atoms with Crippen molar-refractivity contribution in [3.05, 3.63) is 47.4 Å². The largest absolute Gasteiger partial charge is 0.497 e. The normalized spacial score (nSPS) is 24.7. The maximum absolute atomic E-state index is 13.4. The molecule has 4 heterocycles. The minimum absolute atomic E-state index is 0.0190. The highest BCUT2D eigenvalue weighted by Crippen LogP contribution is 2.45. The molecule has 2 unspecified atom stereocenters. The molecule has 1 saturated heterocycles. The second kappa shape index (κ2) is 9.06. The molecular formula is C27H34N3O5+. The van der Waals surface area contributed by atoms with Crippen molar-refractivity contribution in [2.24, 2.45) is 0 Å². The van der Waals surface area contributed by atoms with Crippen molar-refractivity contribution in [3.8, 4) is 11.5 Å². The number of methoxy groups -OCH3 is 2. The third kappa shape index (κ3) is 3.79. The topological polar surface area (TPSA) is 71.3 Å². The first kappa shape index (κ1) is 23.5.